The van der Waals surface area contributed by atoms with Gasteiger partial charge in [-0.2, -0.15) is 0 Å². The van der Waals surface area contributed by atoms with Gasteiger partial charge in [-0.05, 0) is 38.5 Å². The molecule has 0 bridgehead atoms. The van der Waals surface area contributed by atoms with E-state index in [-0.39, 0.29) is 0 Å². The van der Waals surface area contributed by atoms with Gasteiger partial charge in [0, 0.05) is 6.42 Å². The zero-order valence-electron chi connectivity index (χ0n) is 13.3. The highest BCUT2D eigenvalue weighted by molar-refractivity contribution is 5.66. The van der Waals surface area contributed by atoms with E-state index in [1.54, 1.807) is 0 Å². The number of hydrogen-bond acceptors (Lipinski definition) is 2. The van der Waals surface area contributed by atoms with Gasteiger partial charge in [-0.15, -0.1) is 0 Å². The average Bonchev–Trinajstić information content (AvgIpc) is 3.19. The lowest BCUT2D eigenvalue weighted by atomic mass is 10.1. The highest BCUT2D eigenvalue weighted by atomic mass is 16.6. The molecule has 1 aliphatic heterocycles. The maximum atomic E-state index is 10.3. The van der Waals surface area contributed by atoms with Gasteiger partial charge in [-0.1, -0.05) is 50.5 Å². The molecular weight excluding hydrogens is 264 g/mol. The van der Waals surface area contributed by atoms with Crippen LogP contribution >= 0.6 is 0 Å². The first-order valence-electron chi connectivity index (χ1n) is 8.41. The topological polar surface area (TPSA) is 49.8 Å². The summed E-state index contributed by atoms with van der Waals surface area (Å²) in [7, 11) is 0. The number of rotatable bonds is 13. The number of carbonyl (C=O) groups is 1. The maximum absolute atomic E-state index is 10.3. The Kier molecular flexibility index (Phi) is 9.88. The molecule has 1 saturated heterocycles. The van der Waals surface area contributed by atoms with Gasteiger partial charge in [-0.25, -0.2) is 0 Å². The molecule has 0 spiro atoms. The molecule has 0 saturated carbocycles. The lowest BCUT2D eigenvalue weighted by molar-refractivity contribution is -0.137. The summed E-state index contributed by atoms with van der Waals surface area (Å²) in [5, 5.41) is 8.52. The van der Waals surface area contributed by atoms with Crippen molar-refractivity contribution in [2.24, 2.45) is 0 Å². The second-order valence-electron chi connectivity index (χ2n) is 5.74. The zero-order valence-corrected chi connectivity index (χ0v) is 13.3. The molecule has 1 rings (SSSR count). The molecule has 1 aliphatic rings. The molecule has 3 heteroatoms. The highest BCUT2D eigenvalue weighted by Crippen LogP contribution is 2.29. The Balaban J connectivity index is 1.84. The molecule has 0 aromatic rings. The molecule has 0 aliphatic carbocycles. The van der Waals surface area contributed by atoms with Gasteiger partial charge in [0.05, 0.1) is 12.2 Å². The van der Waals surface area contributed by atoms with Gasteiger partial charge in [0.1, 0.15) is 0 Å². The van der Waals surface area contributed by atoms with Crippen LogP contribution < -0.4 is 0 Å². The van der Waals surface area contributed by atoms with Crippen molar-refractivity contribution in [3.05, 3.63) is 24.3 Å². The molecule has 1 fully saturated rings. The molecule has 0 amide bonds. The van der Waals surface area contributed by atoms with Crippen LogP contribution in [0, 0.1) is 0 Å². The van der Waals surface area contributed by atoms with Gasteiger partial charge in [0.15, 0.2) is 0 Å². The fraction of sp³-hybridized carbons (Fsp3) is 0.722. The number of carboxylic acids is 1. The van der Waals surface area contributed by atoms with Crippen molar-refractivity contribution < 1.29 is 14.6 Å². The molecule has 1 heterocycles. The minimum atomic E-state index is -0.677. The predicted molar refractivity (Wildman–Crippen MR) is 86.4 cm³/mol. The third-order valence-electron chi connectivity index (χ3n) is 3.75. The summed E-state index contributed by atoms with van der Waals surface area (Å²) in [6.07, 6.45) is 19.9. The highest BCUT2D eigenvalue weighted by Gasteiger charge is 2.35. The Labute approximate surface area is 129 Å². The van der Waals surface area contributed by atoms with E-state index < -0.39 is 5.97 Å². The first-order chi connectivity index (χ1) is 10.2. The van der Waals surface area contributed by atoms with E-state index in [0.29, 0.717) is 18.6 Å². The molecular formula is C18H30O3. The SMILES string of the molecule is CCC=CCC1OC1CC=CCCCCCCCC(=O)O. The van der Waals surface area contributed by atoms with Crippen LogP contribution in [-0.4, -0.2) is 23.3 Å². The van der Waals surface area contributed by atoms with Gasteiger partial charge < -0.3 is 9.84 Å². The molecule has 2 atom stereocenters. The van der Waals surface area contributed by atoms with E-state index in [1.165, 1.54) is 12.8 Å². The third kappa shape index (κ3) is 10.3. The minimum Gasteiger partial charge on any atom is -0.481 e. The lowest BCUT2D eigenvalue weighted by Crippen LogP contribution is -1.93. The fourth-order valence-electron chi connectivity index (χ4n) is 2.41. The minimum absolute atomic E-state index is 0.315. The summed E-state index contributed by atoms with van der Waals surface area (Å²) in [5.41, 5.74) is 0. The molecule has 0 aromatic carbocycles. The van der Waals surface area contributed by atoms with Gasteiger partial charge in [0.25, 0.3) is 0 Å². The summed E-state index contributed by atoms with van der Waals surface area (Å²) >= 11 is 0. The maximum Gasteiger partial charge on any atom is 0.303 e. The molecule has 0 aromatic heterocycles. The van der Waals surface area contributed by atoms with Crippen molar-refractivity contribution in [3.8, 4) is 0 Å². The van der Waals surface area contributed by atoms with Crippen molar-refractivity contribution in [3.63, 3.8) is 0 Å². The molecule has 21 heavy (non-hydrogen) atoms. The Morgan fingerprint density at radius 2 is 1.57 bits per heavy atom. The van der Waals surface area contributed by atoms with Crippen LogP contribution in [-0.2, 0) is 9.53 Å². The van der Waals surface area contributed by atoms with Crippen LogP contribution in [0.3, 0.4) is 0 Å². The smallest absolute Gasteiger partial charge is 0.303 e. The van der Waals surface area contributed by atoms with E-state index in [9.17, 15) is 4.79 Å². The monoisotopic (exact) mass is 294 g/mol. The number of allylic oxidation sites excluding steroid dienone is 2. The number of carboxylic acid groups (broad SMARTS) is 1. The van der Waals surface area contributed by atoms with Crippen molar-refractivity contribution in [1.82, 2.24) is 0 Å². The second kappa shape index (κ2) is 11.6. The summed E-state index contributed by atoms with van der Waals surface area (Å²) in [4.78, 5) is 10.3. The normalized spacial score (nSPS) is 21.4. The molecule has 1 N–H and O–H groups in total. The Bertz CT molecular complexity index is 333. The van der Waals surface area contributed by atoms with E-state index in [4.69, 9.17) is 9.84 Å². The number of epoxide rings is 1. The largest absolute Gasteiger partial charge is 0.481 e. The van der Waals surface area contributed by atoms with E-state index >= 15 is 0 Å². The first kappa shape index (κ1) is 18.0. The van der Waals surface area contributed by atoms with E-state index in [0.717, 1.165) is 44.9 Å². The number of unbranched alkanes of at least 4 members (excludes halogenated alkanes) is 5. The Hall–Kier alpha value is -1.09. The molecule has 120 valence electrons. The van der Waals surface area contributed by atoms with Crippen molar-refractivity contribution >= 4 is 5.97 Å². The summed E-state index contributed by atoms with van der Waals surface area (Å²) in [6.45, 7) is 2.15. The Morgan fingerprint density at radius 3 is 2.24 bits per heavy atom. The number of aliphatic carboxylic acids is 1. The van der Waals surface area contributed by atoms with Crippen molar-refractivity contribution in [1.29, 1.82) is 0 Å². The number of ether oxygens (including phenoxy) is 1. The van der Waals surface area contributed by atoms with Crippen LogP contribution in [0.5, 0.6) is 0 Å². The zero-order chi connectivity index (χ0) is 15.3. The Morgan fingerprint density at radius 1 is 0.952 bits per heavy atom. The summed E-state index contributed by atoms with van der Waals surface area (Å²) in [6, 6.07) is 0. The first-order valence-corrected chi connectivity index (χ1v) is 8.41. The van der Waals surface area contributed by atoms with Crippen molar-refractivity contribution in [2.45, 2.75) is 83.3 Å². The lowest BCUT2D eigenvalue weighted by Gasteiger charge is -1.98. The van der Waals surface area contributed by atoms with Crippen LogP contribution in [0.25, 0.3) is 0 Å². The van der Waals surface area contributed by atoms with Crippen molar-refractivity contribution in [2.75, 3.05) is 0 Å². The van der Waals surface area contributed by atoms with Crippen LogP contribution in [0.1, 0.15) is 71.1 Å². The van der Waals surface area contributed by atoms with Crippen LogP contribution in [0.2, 0.25) is 0 Å². The standard InChI is InChI=1S/C18H30O3/c1-2-3-10-13-16-17(21-16)14-11-8-6-4-5-7-9-12-15-18(19)20/h3,8,10-11,16-17H,2,4-7,9,12-15H2,1H3,(H,19,20). The molecule has 2 unspecified atom stereocenters. The summed E-state index contributed by atoms with van der Waals surface area (Å²) < 4.78 is 5.60. The van der Waals surface area contributed by atoms with Crippen LogP contribution in [0.15, 0.2) is 24.3 Å². The van der Waals surface area contributed by atoms with Gasteiger partial charge in [-0.3, -0.25) is 4.79 Å². The van der Waals surface area contributed by atoms with E-state index in [1.807, 2.05) is 0 Å². The fourth-order valence-corrected chi connectivity index (χ4v) is 2.41. The van der Waals surface area contributed by atoms with E-state index in [2.05, 4.69) is 31.2 Å². The van der Waals surface area contributed by atoms with Gasteiger partial charge in [0.2, 0.25) is 0 Å². The molecule has 0 radical (unpaired) electrons. The molecule has 3 nitrogen and oxygen atoms in total. The number of hydrogen-bond donors (Lipinski definition) is 1. The third-order valence-corrected chi connectivity index (χ3v) is 3.75. The quantitative estimate of drug-likeness (QED) is 0.299. The van der Waals surface area contributed by atoms with Crippen LogP contribution in [0.4, 0.5) is 0 Å². The average molecular weight is 294 g/mol. The predicted octanol–water partition coefficient (Wildman–Crippen LogP) is 4.87. The second-order valence-corrected chi connectivity index (χ2v) is 5.74. The van der Waals surface area contributed by atoms with Gasteiger partial charge >= 0.3 is 5.97 Å². The summed E-state index contributed by atoms with van der Waals surface area (Å²) in [5.74, 6) is -0.677.